The van der Waals surface area contributed by atoms with E-state index in [-0.39, 0.29) is 12.4 Å². The molecule has 2 aromatic rings. The quantitative estimate of drug-likeness (QED) is 0.882. The zero-order valence-corrected chi connectivity index (χ0v) is 10.0. The Kier molecular flexibility index (Phi) is 2.88. The summed E-state index contributed by atoms with van der Waals surface area (Å²) in [7, 11) is 0. The van der Waals surface area contributed by atoms with Crippen molar-refractivity contribution in [2.75, 3.05) is 6.61 Å². The van der Waals surface area contributed by atoms with E-state index in [1.807, 2.05) is 6.20 Å². The summed E-state index contributed by atoms with van der Waals surface area (Å²) in [5.74, 6) is 1.10. The third kappa shape index (κ3) is 2.04. The van der Waals surface area contributed by atoms with Crippen molar-refractivity contribution in [3.05, 3.63) is 42.1 Å². The van der Waals surface area contributed by atoms with Crippen molar-refractivity contribution in [3.63, 3.8) is 0 Å². The van der Waals surface area contributed by atoms with Crippen LogP contribution < -0.4 is 0 Å². The first-order valence-corrected chi connectivity index (χ1v) is 6.19. The summed E-state index contributed by atoms with van der Waals surface area (Å²) in [5, 5.41) is 9.19. The lowest BCUT2D eigenvalue weighted by Gasteiger charge is -2.20. The Morgan fingerprint density at radius 3 is 2.83 bits per heavy atom. The van der Waals surface area contributed by atoms with Gasteiger partial charge in [-0.05, 0) is 36.6 Å². The fourth-order valence-electron chi connectivity index (χ4n) is 2.41. The van der Waals surface area contributed by atoms with Crippen LogP contribution in [0.4, 0.5) is 4.39 Å². The van der Waals surface area contributed by atoms with E-state index in [1.54, 1.807) is 12.1 Å². The highest BCUT2D eigenvalue weighted by Crippen LogP contribution is 2.25. The van der Waals surface area contributed by atoms with Crippen LogP contribution in [0.3, 0.4) is 0 Å². The van der Waals surface area contributed by atoms with Crippen LogP contribution in [-0.2, 0) is 13.0 Å². The minimum atomic E-state index is -0.233. The molecule has 1 atom stereocenters. The van der Waals surface area contributed by atoms with Crippen molar-refractivity contribution >= 4 is 0 Å². The molecule has 94 valence electrons. The monoisotopic (exact) mass is 246 g/mol. The molecule has 1 aliphatic heterocycles. The van der Waals surface area contributed by atoms with Gasteiger partial charge in [0.2, 0.25) is 0 Å². The van der Waals surface area contributed by atoms with Gasteiger partial charge in [-0.1, -0.05) is 0 Å². The topological polar surface area (TPSA) is 38.0 Å². The van der Waals surface area contributed by atoms with Gasteiger partial charge >= 0.3 is 0 Å². The van der Waals surface area contributed by atoms with E-state index in [4.69, 9.17) is 0 Å². The summed E-state index contributed by atoms with van der Waals surface area (Å²) >= 11 is 0. The van der Waals surface area contributed by atoms with Crippen LogP contribution in [0.1, 0.15) is 12.2 Å². The maximum absolute atomic E-state index is 12.9. The van der Waals surface area contributed by atoms with Crippen LogP contribution in [0.5, 0.6) is 0 Å². The Labute approximate surface area is 105 Å². The molecule has 0 aliphatic carbocycles. The Morgan fingerprint density at radius 1 is 1.33 bits per heavy atom. The Bertz CT molecular complexity index is 547. The lowest BCUT2D eigenvalue weighted by molar-refractivity contribution is 0.199. The molecule has 0 spiro atoms. The molecule has 3 nitrogen and oxygen atoms in total. The SMILES string of the molecule is OCC1CCn2cc(-c3ccc(F)cc3)nc2C1. The molecule has 1 aromatic carbocycles. The summed E-state index contributed by atoms with van der Waals surface area (Å²) < 4.78 is 15.0. The van der Waals surface area contributed by atoms with Crippen molar-refractivity contribution in [2.24, 2.45) is 5.92 Å². The number of aromatic nitrogens is 2. The standard InChI is InChI=1S/C14H15FN2O/c15-12-3-1-11(2-4-12)13-8-17-6-5-10(9-18)7-14(17)16-13/h1-4,8,10,18H,5-7,9H2. The van der Waals surface area contributed by atoms with Gasteiger partial charge in [0, 0.05) is 31.3 Å². The first kappa shape index (κ1) is 11.4. The molecule has 0 saturated carbocycles. The van der Waals surface area contributed by atoms with E-state index >= 15 is 0 Å². The number of hydrogen-bond acceptors (Lipinski definition) is 2. The van der Waals surface area contributed by atoms with Crippen LogP contribution >= 0.6 is 0 Å². The molecule has 1 unspecified atom stereocenters. The van der Waals surface area contributed by atoms with Gasteiger partial charge in [-0.15, -0.1) is 0 Å². The first-order chi connectivity index (χ1) is 8.76. The van der Waals surface area contributed by atoms with Crippen molar-refractivity contribution in [1.82, 2.24) is 9.55 Å². The fourth-order valence-corrected chi connectivity index (χ4v) is 2.41. The normalized spacial score (nSPS) is 18.7. The van der Waals surface area contributed by atoms with Crippen LogP contribution in [0.15, 0.2) is 30.5 Å². The van der Waals surface area contributed by atoms with Crippen LogP contribution in [0.2, 0.25) is 0 Å². The van der Waals surface area contributed by atoms with Crippen LogP contribution in [0.25, 0.3) is 11.3 Å². The number of aryl methyl sites for hydroxylation is 1. The van der Waals surface area contributed by atoms with E-state index in [1.165, 1.54) is 12.1 Å². The fraction of sp³-hybridized carbons (Fsp3) is 0.357. The number of aliphatic hydroxyl groups is 1. The number of rotatable bonds is 2. The molecule has 4 heteroatoms. The Balaban J connectivity index is 1.91. The molecule has 0 bridgehead atoms. The summed E-state index contributed by atoms with van der Waals surface area (Å²) in [6.07, 6.45) is 3.82. The molecule has 1 aliphatic rings. The van der Waals surface area contributed by atoms with Gasteiger partial charge in [0.05, 0.1) is 5.69 Å². The molecule has 18 heavy (non-hydrogen) atoms. The van der Waals surface area contributed by atoms with Gasteiger partial charge in [0.25, 0.3) is 0 Å². The van der Waals surface area contributed by atoms with Crippen LogP contribution in [0, 0.1) is 11.7 Å². The van der Waals surface area contributed by atoms with Gasteiger partial charge < -0.3 is 9.67 Å². The Hall–Kier alpha value is -1.68. The van der Waals surface area contributed by atoms with Crippen molar-refractivity contribution in [1.29, 1.82) is 0 Å². The second kappa shape index (κ2) is 4.53. The number of halogens is 1. The van der Waals surface area contributed by atoms with Gasteiger partial charge in [0.1, 0.15) is 11.6 Å². The molecule has 0 saturated heterocycles. The van der Waals surface area contributed by atoms with E-state index in [2.05, 4.69) is 9.55 Å². The van der Waals surface area contributed by atoms with Crippen LogP contribution in [-0.4, -0.2) is 21.3 Å². The third-order valence-electron chi connectivity index (χ3n) is 3.51. The summed E-state index contributed by atoms with van der Waals surface area (Å²) in [6.45, 7) is 1.12. The number of nitrogens with zero attached hydrogens (tertiary/aromatic N) is 2. The summed E-state index contributed by atoms with van der Waals surface area (Å²) in [4.78, 5) is 4.58. The molecular formula is C14H15FN2O. The predicted octanol–water partition coefficient (Wildman–Crippen LogP) is 2.24. The average molecular weight is 246 g/mol. The highest BCUT2D eigenvalue weighted by molar-refractivity contribution is 5.58. The van der Waals surface area contributed by atoms with Crippen molar-refractivity contribution < 1.29 is 9.50 Å². The number of aliphatic hydroxyl groups excluding tert-OH is 1. The highest BCUT2D eigenvalue weighted by Gasteiger charge is 2.20. The van der Waals surface area contributed by atoms with E-state index in [0.717, 1.165) is 36.5 Å². The van der Waals surface area contributed by atoms with E-state index in [9.17, 15) is 9.50 Å². The molecule has 0 fully saturated rings. The van der Waals surface area contributed by atoms with Gasteiger partial charge in [-0.25, -0.2) is 9.37 Å². The van der Waals surface area contributed by atoms with Gasteiger partial charge in [-0.3, -0.25) is 0 Å². The zero-order chi connectivity index (χ0) is 12.5. The largest absolute Gasteiger partial charge is 0.396 e. The molecule has 3 rings (SSSR count). The van der Waals surface area contributed by atoms with Crippen molar-refractivity contribution in [3.8, 4) is 11.3 Å². The number of imidazole rings is 1. The second-order valence-corrected chi connectivity index (χ2v) is 4.78. The smallest absolute Gasteiger partial charge is 0.123 e. The molecule has 2 heterocycles. The molecular weight excluding hydrogens is 231 g/mol. The second-order valence-electron chi connectivity index (χ2n) is 4.78. The molecule has 0 amide bonds. The van der Waals surface area contributed by atoms with Gasteiger partial charge in [0.15, 0.2) is 0 Å². The number of fused-ring (bicyclic) bond motifs is 1. The lowest BCUT2D eigenvalue weighted by atomic mass is 9.99. The summed E-state index contributed by atoms with van der Waals surface area (Å²) in [6, 6.07) is 6.38. The lowest BCUT2D eigenvalue weighted by Crippen LogP contribution is -2.21. The minimum absolute atomic E-state index is 0.221. The Morgan fingerprint density at radius 2 is 2.11 bits per heavy atom. The predicted molar refractivity (Wildman–Crippen MR) is 66.5 cm³/mol. The maximum Gasteiger partial charge on any atom is 0.123 e. The molecule has 1 N–H and O–H groups in total. The number of hydrogen-bond donors (Lipinski definition) is 1. The zero-order valence-electron chi connectivity index (χ0n) is 10.0. The van der Waals surface area contributed by atoms with E-state index < -0.39 is 0 Å². The number of benzene rings is 1. The summed E-state index contributed by atoms with van der Waals surface area (Å²) in [5.41, 5.74) is 1.81. The minimum Gasteiger partial charge on any atom is -0.396 e. The highest BCUT2D eigenvalue weighted by atomic mass is 19.1. The maximum atomic E-state index is 12.9. The third-order valence-corrected chi connectivity index (χ3v) is 3.51. The van der Waals surface area contributed by atoms with Crippen molar-refractivity contribution in [2.45, 2.75) is 19.4 Å². The molecule has 1 aromatic heterocycles. The van der Waals surface area contributed by atoms with Gasteiger partial charge in [-0.2, -0.15) is 0 Å². The molecule has 0 radical (unpaired) electrons. The van der Waals surface area contributed by atoms with E-state index in [0.29, 0.717) is 5.92 Å². The average Bonchev–Trinajstić information content (AvgIpc) is 2.82. The first-order valence-electron chi connectivity index (χ1n) is 6.19.